The number of primary amides is 1. The van der Waals surface area contributed by atoms with Gasteiger partial charge >= 0.3 is 0 Å². The Morgan fingerprint density at radius 2 is 1.83 bits per heavy atom. The number of fused-ring (bicyclic) bond motifs is 1. The normalized spacial score (nSPS) is 14.6. The quantitative estimate of drug-likeness (QED) is 0.442. The van der Waals surface area contributed by atoms with E-state index in [-0.39, 0.29) is 0 Å². The molecule has 0 saturated carbocycles. The SMILES string of the molecule is Cc1cc(Nc2nccc(-n3cc(C(N)=O)c4ccccc43)n2)ccc1N1CCN(C(C)C)CC1. The van der Waals surface area contributed by atoms with E-state index in [4.69, 9.17) is 10.7 Å². The van der Waals surface area contributed by atoms with Crippen molar-refractivity contribution in [1.29, 1.82) is 0 Å². The lowest BCUT2D eigenvalue weighted by Crippen LogP contribution is -2.49. The van der Waals surface area contributed by atoms with Crippen molar-refractivity contribution in [2.75, 3.05) is 36.4 Å². The Hall–Kier alpha value is -3.91. The molecule has 1 aliphatic heterocycles. The first kappa shape index (κ1) is 22.9. The molecule has 1 saturated heterocycles. The maximum absolute atomic E-state index is 11.9. The third-order valence-electron chi connectivity index (χ3n) is 6.70. The van der Waals surface area contributed by atoms with Gasteiger partial charge in [-0.05, 0) is 56.7 Å². The maximum Gasteiger partial charge on any atom is 0.250 e. The number of piperazine rings is 1. The van der Waals surface area contributed by atoms with Crippen molar-refractivity contribution in [3.05, 3.63) is 72.1 Å². The monoisotopic (exact) mass is 469 g/mol. The number of carbonyl (C=O) groups excluding carboxylic acids is 1. The van der Waals surface area contributed by atoms with Crippen LogP contribution >= 0.6 is 0 Å². The summed E-state index contributed by atoms with van der Waals surface area (Å²) in [6.45, 7) is 10.9. The van der Waals surface area contributed by atoms with Crippen LogP contribution in [0.5, 0.6) is 0 Å². The first-order chi connectivity index (χ1) is 16.9. The topological polar surface area (TPSA) is 92.3 Å². The molecule has 0 unspecified atom stereocenters. The third-order valence-corrected chi connectivity index (χ3v) is 6.70. The smallest absolute Gasteiger partial charge is 0.250 e. The molecule has 0 bridgehead atoms. The number of hydrogen-bond donors (Lipinski definition) is 2. The van der Waals surface area contributed by atoms with Gasteiger partial charge in [-0.2, -0.15) is 4.98 Å². The molecule has 2 aromatic heterocycles. The second kappa shape index (κ2) is 9.38. The number of aromatic nitrogens is 3. The molecule has 8 heteroatoms. The van der Waals surface area contributed by atoms with Crippen LogP contribution in [-0.2, 0) is 0 Å². The molecule has 0 atom stereocenters. The largest absolute Gasteiger partial charge is 0.369 e. The van der Waals surface area contributed by atoms with Crippen molar-refractivity contribution < 1.29 is 4.79 Å². The van der Waals surface area contributed by atoms with E-state index in [1.54, 1.807) is 12.4 Å². The molecule has 35 heavy (non-hydrogen) atoms. The van der Waals surface area contributed by atoms with Crippen LogP contribution in [0, 0.1) is 6.92 Å². The molecule has 1 fully saturated rings. The van der Waals surface area contributed by atoms with Gasteiger partial charge in [0.25, 0.3) is 5.91 Å². The first-order valence-corrected chi connectivity index (χ1v) is 12.0. The fourth-order valence-electron chi connectivity index (χ4n) is 4.81. The lowest BCUT2D eigenvalue weighted by molar-refractivity contribution is 0.100. The summed E-state index contributed by atoms with van der Waals surface area (Å²) >= 11 is 0. The van der Waals surface area contributed by atoms with Crippen LogP contribution in [-0.4, -0.2) is 57.6 Å². The number of aryl methyl sites for hydroxylation is 1. The summed E-state index contributed by atoms with van der Waals surface area (Å²) in [6, 6.07) is 16.4. The minimum atomic E-state index is -0.464. The molecule has 4 aromatic rings. The number of hydrogen-bond acceptors (Lipinski definition) is 6. The van der Waals surface area contributed by atoms with Crippen molar-refractivity contribution in [2.24, 2.45) is 5.73 Å². The molecule has 3 N–H and O–H groups in total. The molecule has 0 radical (unpaired) electrons. The average Bonchev–Trinajstić information content (AvgIpc) is 3.25. The van der Waals surface area contributed by atoms with Crippen LogP contribution in [0.4, 0.5) is 17.3 Å². The van der Waals surface area contributed by atoms with E-state index in [9.17, 15) is 4.79 Å². The molecule has 8 nitrogen and oxygen atoms in total. The Morgan fingerprint density at radius 1 is 1.06 bits per heavy atom. The number of benzene rings is 2. The Bertz CT molecular complexity index is 1370. The van der Waals surface area contributed by atoms with Gasteiger partial charge in [-0.3, -0.25) is 9.69 Å². The number of nitrogens with one attached hydrogen (secondary N) is 1. The van der Waals surface area contributed by atoms with E-state index in [1.165, 1.54) is 11.3 Å². The number of amides is 1. The highest BCUT2D eigenvalue weighted by atomic mass is 16.1. The zero-order valence-corrected chi connectivity index (χ0v) is 20.4. The summed E-state index contributed by atoms with van der Waals surface area (Å²) in [5.41, 5.74) is 10.3. The molecule has 3 heterocycles. The molecular formula is C27H31N7O. The van der Waals surface area contributed by atoms with Gasteiger partial charge in [0.15, 0.2) is 0 Å². The zero-order valence-electron chi connectivity index (χ0n) is 20.4. The highest BCUT2D eigenvalue weighted by molar-refractivity contribution is 6.06. The molecule has 0 spiro atoms. The highest BCUT2D eigenvalue weighted by Gasteiger charge is 2.20. The lowest BCUT2D eigenvalue weighted by Gasteiger charge is -2.38. The molecule has 1 aliphatic rings. The van der Waals surface area contributed by atoms with Gasteiger partial charge in [0.05, 0.1) is 11.1 Å². The molecule has 180 valence electrons. The number of para-hydroxylation sites is 1. The first-order valence-electron chi connectivity index (χ1n) is 12.0. The fourth-order valence-corrected chi connectivity index (χ4v) is 4.81. The van der Waals surface area contributed by atoms with Crippen molar-refractivity contribution in [2.45, 2.75) is 26.8 Å². The van der Waals surface area contributed by atoms with E-state index in [2.05, 4.69) is 59.1 Å². The van der Waals surface area contributed by atoms with Crippen molar-refractivity contribution in [3.63, 3.8) is 0 Å². The second-order valence-corrected chi connectivity index (χ2v) is 9.28. The van der Waals surface area contributed by atoms with Crippen LogP contribution in [0.3, 0.4) is 0 Å². The average molecular weight is 470 g/mol. The molecular weight excluding hydrogens is 438 g/mol. The predicted molar refractivity (Wildman–Crippen MR) is 141 cm³/mol. The Morgan fingerprint density at radius 3 is 2.54 bits per heavy atom. The molecule has 0 aliphatic carbocycles. The van der Waals surface area contributed by atoms with Crippen LogP contribution < -0.4 is 16.0 Å². The number of nitrogens with two attached hydrogens (primary N) is 1. The zero-order chi connectivity index (χ0) is 24.5. The van der Waals surface area contributed by atoms with Crippen LogP contribution in [0.1, 0.15) is 29.8 Å². The summed E-state index contributed by atoms with van der Waals surface area (Å²) in [4.78, 5) is 26.0. The summed E-state index contributed by atoms with van der Waals surface area (Å²) in [7, 11) is 0. The van der Waals surface area contributed by atoms with Crippen LogP contribution in [0.15, 0.2) is 60.9 Å². The number of carbonyl (C=O) groups is 1. The summed E-state index contributed by atoms with van der Waals surface area (Å²) in [6.07, 6.45) is 3.44. The minimum absolute atomic E-state index is 0.464. The van der Waals surface area contributed by atoms with Gasteiger partial charge in [0, 0.05) is 61.4 Å². The Labute approximate surface area is 205 Å². The minimum Gasteiger partial charge on any atom is -0.369 e. The molecule has 2 aromatic carbocycles. The second-order valence-electron chi connectivity index (χ2n) is 9.28. The number of rotatable bonds is 6. The van der Waals surface area contributed by atoms with Crippen LogP contribution in [0.2, 0.25) is 0 Å². The third kappa shape index (κ3) is 4.57. The maximum atomic E-state index is 11.9. The lowest BCUT2D eigenvalue weighted by atomic mass is 10.1. The van der Waals surface area contributed by atoms with Gasteiger partial charge in [-0.25, -0.2) is 4.98 Å². The summed E-state index contributed by atoms with van der Waals surface area (Å²) in [5.74, 6) is 0.676. The van der Waals surface area contributed by atoms with Crippen LogP contribution in [0.25, 0.3) is 16.7 Å². The van der Waals surface area contributed by atoms with E-state index in [0.29, 0.717) is 23.4 Å². The highest BCUT2D eigenvalue weighted by Crippen LogP contribution is 2.27. The van der Waals surface area contributed by atoms with E-state index < -0.39 is 5.91 Å². The van der Waals surface area contributed by atoms with Crippen molar-refractivity contribution >= 4 is 34.1 Å². The van der Waals surface area contributed by atoms with Crippen molar-refractivity contribution in [3.8, 4) is 5.82 Å². The summed E-state index contributed by atoms with van der Waals surface area (Å²) < 4.78 is 1.87. The molecule has 5 rings (SSSR count). The Kier molecular flexibility index (Phi) is 6.13. The van der Waals surface area contributed by atoms with E-state index in [1.807, 2.05) is 34.9 Å². The van der Waals surface area contributed by atoms with Gasteiger partial charge < -0.3 is 20.5 Å². The predicted octanol–water partition coefficient (Wildman–Crippen LogP) is 4.10. The summed E-state index contributed by atoms with van der Waals surface area (Å²) in [5, 5.41) is 4.13. The Balaban J connectivity index is 1.37. The molecule has 1 amide bonds. The van der Waals surface area contributed by atoms with Gasteiger partial charge in [0.2, 0.25) is 5.95 Å². The van der Waals surface area contributed by atoms with Gasteiger partial charge in [-0.15, -0.1) is 0 Å². The number of anilines is 3. The van der Waals surface area contributed by atoms with E-state index in [0.717, 1.165) is 42.8 Å². The fraction of sp³-hybridized carbons (Fsp3) is 0.296. The standard InChI is InChI=1S/C27H31N7O/c1-18(2)32-12-14-33(15-13-32)23-9-8-20(16-19(23)3)30-27-29-11-10-25(31-27)34-17-22(26(28)35)21-6-4-5-7-24(21)34/h4-11,16-18H,12-15H2,1-3H3,(H2,28,35)(H,29,30,31). The number of nitrogens with zero attached hydrogens (tertiary/aromatic N) is 5. The van der Waals surface area contributed by atoms with Gasteiger partial charge in [-0.1, -0.05) is 18.2 Å². The van der Waals surface area contributed by atoms with Gasteiger partial charge in [0.1, 0.15) is 5.82 Å². The van der Waals surface area contributed by atoms with Crippen molar-refractivity contribution in [1.82, 2.24) is 19.4 Å². The van der Waals surface area contributed by atoms with E-state index >= 15 is 0 Å².